The molecule has 28 heavy (non-hydrogen) atoms. The molecular formula is C25H28O3. The molecule has 0 heterocycles. The molecule has 0 radical (unpaired) electrons. The maximum absolute atomic E-state index is 5.78. The van der Waals surface area contributed by atoms with Gasteiger partial charge in [-0.3, -0.25) is 0 Å². The molecule has 3 nitrogen and oxygen atoms in total. The minimum absolute atomic E-state index is 0.151. The van der Waals surface area contributed by atoms with Crippen LogP contribution in [-0.2, 0) is 12.0 Å². The topological polar surface area (TPSA) is 27.7 Å². The molecule has 146 valence electrons. The smallest absolute Gasteiger partial charge is 0.122 e. The summed E-state index contributed by atoms with van der Waals surface area (Å²) >= 11 is 0. The number of hydrogen-bond acceptors (Lipinski definition) is 3. The Bertz CT molecular complexity index is 832. The van der Waals surface area contributed by atoms with Crippen molar-refractivity contribution in [2.24, 2.45) is 0 Å². The molecule has 0 N–H and O–H groups in total. The monoisotopic (exact) mass is 376 g/mol. The van der Waals surface area contributed by atoms with Crippen LogP contribution in [0.5, 0.6) is 17.2 Å². The second-order valence-electron chi connectivity index (χ2n) is 7.72. The van der Waals surface area contributed by atoms with E-state index >= 15 is 0 Å². The first-order valence-electron chi connectivity index (χ1n) is 9.64. The van der Waals surface area contributed by atoms with Crippen molar-refractivity contribution >= 4 is 0 Å². The lowest BCUT2D eigenvalue weighted by molar-refractivity contribution is 0.217. The molecule has 0 unspecified atom stereocenters. The molecule has 0 saturated heterocycles. The Labute approximate surface area is 167 Å². The molecule has 0 spiro atoms. The molecule has 0 aromatic heterocycles. The van der Waals surface area contributed by atoms with Crippen molar-refractivity contribution in [2.45, 2.75) is 32.8 Å². The van der Waals surface area contributed by atoms with Gasteiger partial charge in [-0.1, -0.05) is 63.2 Å². The van der Waals surface area contributed by atoms with Crippen LogP contribution >= 0.6 is 0 Å². The van der Waals surface area contributed by atoms with E-state index in [0.29, 0.717) is 19.8 Å². The molecule has 0 aliphatic carbocycles. The van der Waals surface area contributed by atoms with Gasteiger partial charge in [-0.25, -0.2) is 0 Å². The van der Waals surface area contributed by atoms with Crippen LogP contribution in [0.4, 0.5) is 0 Å². The molecule has 3 aromatic carbocycles. The molecule has 0 aliphatic heterocycles. The fourth-order valence-corrected chi connectivity index (χ4v) is 2.74. The molecule has 3 heteroatoms. The third-order valence-corrected chi connectivity index (χ3v) is 4.41. The second kappa shape index (κ2) is 9.32. The average molecular weight is 376 g/mol. The van der Waals surface area contributed by atoms with Gasteiger partial charge in [0.05, 0.1) is 0 Å². The van der Waals surface area contributed by atoms with Crippen LogP contribution in [0.1, 0.15) is 31.9 Å². The van der Waals surface area contributed by atoms with E-state index < -0.39 is 0 Å². The van der Waals surface area contributed by atoms with Gasteiger partial charge in [0, 0.05) is 0 Å². The highest BCUT2D eigenvalue weighted by Crippen LogP contribution is 2.24. The Balaban J connectivity index is 1.39. The van der Waals surface area contributed by atoms with Gasteiger partial charge < -0.3 is 14.2 Å². The molecule has 0 saturated carbocycles. The maximum atomic E-state index is 5.78. The zero-order valence-corrected chi connectivity index (χ0v) is 16.9. The highest BCUT2D eigenvalue weighted by atomic mass is 16.5. The van der Waals surface area contributed by atoms with Crippen molar-refractivity contribution in [3.63, 3.8) is 0 Å². The van der Waals surface area contributed by atoms with E-state index in [1.54, 1.807) is 0 Å². The minimum atomic E-state index is 0.151. The molecule has 0 aliphatic rings. The van der Waals surface area contributed by atoms with E-state index in [1.165, 1.54) is 5.56 Å². The van der Waals surface area contributed by atoms with Crippen molar-refractivity contribution in [1.29, 1.82) is 0 Å². The summed E-state index contributed by atoms with van der Waals surface area (Å²) in [5, 5.41) is 0. The van der Waals surface area contributed by atoms with Crippen LogP contribution in [0.25, 0.3) is 0 Å². The Morgan fingerprint density at radius 3 is 1.54 bits per heavy atom. The van der Waals surface area contributed by atoms with Crippen molar-refractivity contribution in [1.82, 2.24) is 0 Å². The molecule has 0 amide bonds. The van der Waals surface area contributed by atoms with E-state index in [2.05, 4.69) is 32.9 Å². The predicted octanol–water partition coefficient (Wildman–Crippen LogP) is 6.02. The summed E-state index contributed by atoms with van der Waals surface area (Å²) in [5.74, 6) is 2.49. The normalized spacial score (nSPS) is 11.1. The van der Waals surface area contributed by atoms with Gasteiger partial charge in [-0.05, 0) is 52.9 Å². The van der Waals surface area contributed by atoms with E-state index in [4.69, 9.17) is 14.2 Å². The van der Waals surface area contributed by atoms with Gasteiger partial charge in [0.2, 0.25) is 0 Å². The highest BCUT2D eigenvalue weighted by Gasteiger charge is 2.12. The molecule has 3 aromatic rings. The Morgan fingerprint density at radius 2 is 1.04 bits per heavy atom. The van der Waals surface area contributed by atoms with Crippen molar-refractivity contribution in [2.75, 3.05) is 13.2 Å². The molecular weight excluding hydrogens is 348 g/mol. The Morgan fingerprint density at radius 1 is 0.571 bits per heavy atom. The van der Waals surface area contributed by atoms with Crippen LogP contribution in [0.2, 0.25) is 0 Å². The van der Waals surface area contributed by atoms with Gasteiger partial charge in [-0.2, -0.15) is 0 Å². The first-order valence-corrected chi connectivity index (χ1v) is 9.64. The molecule has 0 fully saturated rings. The molecule has 0 bridgehead atoms. The summed E-state index contributed by atoms with van der Waals surface area (Å²) < 4.78 is 17.3. The van der Waals surface area contributed by atoms with Gasteiger partial charge in [0.1, 0.15) is 37.1 Å². The van der Waals surface area contributed by atoms with E-state index in [-0.39, 0.29) is 5.41 Å². The fraction of sp³-hybridized carbons (Fsp3) is 0.280. The SMILES string of the molecule is CC(C)(C)c1ccc(OCCOc2ccc(OCc3ccccc3)cc2)cc1. The standard InChI is InChI=1S/C25H28O3/c1-25(2,3)21-9-11-22(12-10-21)26-17-18-27-23-13-15-24(16-14-23)28-19-20-7-5-4-6-8-20/h4-16H,17-19H2,1-3H3. The summed E-state index contributed by atoms with van der Waals surface area (Å²) in [5.41, 5.74) is 2.60. The van der Waals surface area contributed by atoms with Crippen LogP contribution in [0, 0.1) is 0 Å². The van der Waals surface area contributed by atoms with Crippen LogP contribution < -0.4 is 14.2 Å². The first-order chi connectivity index (χ1) is 13.5. The summed E-state index contributed by atoms with van der Waals surface area (Å²) in [6, 6.07) is 26.1. The summed E-state index contributed by atoms with van der Waals surface area (Å²) in [4.78, 5) is 0. The predicted molar refractivity (Wildman–Crippen MR) is 113 cm³/mol. The van der Waals surface area contributed by atoms with Crippen LogP contribution in [0.3, 0.4) is 0 Å². The lowest BCUT2D eigenvalue weighted by Gasteiger charge is -2.19. The molecule has 0 atom stereocenters. The number of rotatable bonds is 8. The van der Waals surface area contributed by atoms with E-state index in [9.17, 15) is 0 Å². The summed E-state index contributed by atoms with van der Waals surface area (Å²) in [6.07, 6.45) is 0. The van der Waals surface area contributed by atoms with Gasteiger partial charge >= 0.3 is 0 Å². The largest absolute Gasteiger partial charge is 0.490 e. The Kier molecular flexibility index (Phi) is 6.59. The lowest BCUT2D eigenvalue weighted by atomic mass is 9.87. The third-order valence-electron chi connectivity index (χ3n) is 4.41. The number of ether oxygens (including phenoxy) is 3. The maximum Gasteiger partial charge on any atom is 0.122 e. The van der Waals surface area contributed by atoms with E-state index in [1.807, 2.05) is 66.7 Å². The number of benzene rings is 3. The van der Waals surface area contributed by atoms with Gasteiger partial charge in [0.25, 0.3) is 0 Å². The average Bonchev–Trinajstić information content (AvgIpc) is 2.71. The van der Waals surface area contributed by atoms with Crippen LogP contribution in [-0.4, -0.2) is 13.2 Å². The summed E-state index contributed by atoms with van der Waals surface area (Å²) in [7, 11) is 0. The zero-order valence-electron chi connectivity index (χ0n) is 16.9. The zero-order chi connectivity index (χ0) is 19.8. The van der Waals surface area contributed by atoms with E-state index in [0.717, 1.165) is 22.8 Å². The second-order valence-corrected chi connectivity index (χ2v) is 7.72. The quantitative estimate of drug-likeness (QED) is 0.450. The van der Waals surface area contributed by atoms with Crippen molar-refractivity contribution in [3.05, 3.63) is 90.0 Å². The minimum Gasteiger partial charge on any atom is -0.490 e. The fourth-order valence-electron chi connectivity index (χ4n) is 2.74. The van der Waals surface area contributed by atoms with Crippen molar-refractivity contribution in [3.8, 4) is 17.2 Å². The third kappa shape index (κ3) is 6.05. The highest BCUT2D eigenvalue weighted by molar-refractivity contribution is 5.32. The Hall–Kier alpha value is -2.94. The van der Waals surface area contributed by atoms with Gasteiger partial charge in [-0.15, -0.1) is 0 Å². The lowest BCUT2D eigenvalue weighted by Crippen LogP contribution is -2.11. The van der Waals surface area contributed by atoms with Crippen molar-refractivity contribution < 1.29 is 14.2 Å². The van der Waals surface area contributed by atoms with Gasteiger partial charge in [0.15, 0.2) is 0 Å². The number of hydrogen-bond donors (Lipinski definition) is 0. The summed E-state index contributed by atoms with van der Waals surface area (Å²) in [6.45, 7) is 8.16. The molecule has 3 rings (SSSR count). The van der Waals surface area contributed by atoms with Crippen LogP contribution in [0.15, 0.2) is 78.9 Å². The first kappa shape index (κ1) is 19.8.